The van der Waals surface area contributed by atoms with Crippen LogP contribution in [0.2, 0.25) is 0 Å². The number of hydrogen-bond acceptors (Lipinski definition) is 3. The van der Waals surface area contributed by atoms with Crippen LogP contribution in [0.3, 0.4) is 0 Å². The average molecular weight is 248 g/mol. The van der Waals surface area contributed by atoms with Gasteiger partial charge in [0.05, 0.1) is 5.25 Å². The molecule has 0 atom stereocenters. The van der Waals surface area contributed by atoms with E-state index < -0.39 is 10.0 Å². The van der Waals surface area contributed by atoms with Gasteiger partial charge in [-0.15, -0.1) is 0 Å². The number of nitrogens with one attached hydrogen (secondary N) is 2. The molecule has 1 fully saturated rings. The molecule has 1 aliphatic heterocycles. The summed E-state index contributed by atoms with van der Waals surface area (Å²) >= 11 is 0. The summed E-state index contributed by atoms with van der Waals surface area (Å²) < 4.78 is 27.2. The quantitative estimate of drug-likeness (QED) is 0.769. The Balaban J connectivity index is 2.70. The molecule has 0 spiro atoms. The summed E-state index contributed by atoms with van der Waals surface area (Å²) in [5.74, 6) is 0. The summed E-state index contributed by atoms with van der Waals surface area (Å²) in [5, 5.41) is 2.97. The van der Waals surface area contributed by atoms with Crippen LogP contribution in [0.15, 0.2) is 0 Å². The molecule has 0 aromatic carbocycles. The van der Waals surface area contributed by atoms with Crippen LogP contribution in [-0.4, -0.2) is 32.3 Å². The van der Waals surface area contributed by atoms with Crippen LogP contribution in [0, 0.1) is 0 Å². The fourth-order valence-corrected chi connectivity index (χ4v) is 3.93. The fourth-order valence-electron chi connectivity index (χ4n) is 1.93. The van der Waals surface area contributed by atoms with E-state index in [9.17, 15) is 8.42 Å². The third kappa shape index (κ3) is 3.43. The summed E-state index contributed by atoms with van der Waals surface area (Å²) in [6.45, 7) is 7.63. The van der Waals surface area contributed by atoms with Gasteiger partial charge in [-0.2, -0.15) is 0 Å². The standard InChI is InChI=1S/C11H24N2O2S/c1-4-11(3,5-2)13-16(14,15)10-6-8-12-9-7-10/h10,12-13H,4-9H2,1-3H3. The van der Waals surface area contributed by atoms with Crippen molar-refractivity contribution in [3.05, 3.63) is 0 Å². The molecule has 0 radical (unpaired) electrons. The maximum absolute atomic E-state index is 12.2. The minimum atomic E-state index is -3.16. The van der Waals surface area contributed by atoms with E-state index in [4.69, 9.17) is 0 Å². The Morgan fingerprint density at radius 1 is 1.25 bits per heavy atom. The molecule has 0 bridgehead atoms. The van der Waals surface area contributed by atoms with E-state index >= 15 is 0 Å². The third-order valence-electron chi connectivity index (χ3n) is 3.67. The van der Waals surface area contributed by atoms with Crippen molar-refractivity contribution in [2.75, 3.05) is 13.1 Å². The molecule has 0 aliphatic carbocycles. The highest BCUT2D eigenvalue weighted by atomic mass is 32.2. The molecule has 0 aromatic rings. The molecule has 0 amide bonds. The Bertz CT molecular complexity index is 304. The topological polar surface area (TPSA) is 58.2 Å². The lowest BCUT2D eigenvalue weighted by Gasteiger charge is -2.31. The largest absolute Gasteiger partial charge is 0.317 e. The molecule has 2 N–H and O–H groups in total. The van der Waals surface area contributed by atoms with Gasteiger partial charge in [0.15, 0.2) is 0 Å². The normalized spacial score (nSPS) is 19.9. The highest BCUT2D eigenvalue weighted by molar-refractivity contribution is 7.90. The van der Waals surface area contributed by atoms with Crippen LogP contribution < -0.4 is 10.0 Å². The minimum absolute atomic E-state index is 0.217. The van der Waals surface area contributed by atoms with Gasteiger partial charge in [0.1, 0.15) is 0 Å². The number of hydrogen-bond donors (Lipinski definition) is 2. The number of rotatable bonds is 5. The zero-order valence-corrected chi connectivity index (χ0v) is 11.4. The highest BCUT2D eigenvalue weighted by Crippen LogP contribution is 2.19. The minimum Gasteiger partial charge on any atom is -0.317 e. The van der Waals surface area contributed by atoms with Crippen molar-refractivity contribution < 1.29 is 8.42 Å². The first-order chi connectivity index (χ1) is 7.43. The van der Waals surface area contributed by atoms with Gasteiger partial charge in [-0.25, -0.2) is 13.1 Å². The fraction of sp³-hybridized carbons (Fsp3) is 1.00. The van der Waals surface area contributed by atoms with Crippen LogP contribution >= 0.6 is 0 Å². The van der Waals surface area contributed by atoms with E-state index in [-0.39, 0.29) is 10.8 Å². The van der Waals surface area contributed by atoms with Crippen LogP contribution in [0.25, 0.3) is 0 Å². The predicted octanol–water partition coefficient (Wildman–Crippen LogP) is 1.24. The zero-order valence-electron chi connectivity index (χ0n) is 10.5. The second kappa shape index (κ2) is 5.47. The molecule has 5 heteroatoms. The monoisotopic (exact) mass is 248 g/mol. The molecular weight excluding hydrogens is 224 g/mol. The predicted molar refractivity (Wildman–Crippen MR) is 66.9 cm³/mol. The maximum Gasteiger partial charge on any atom is 0.215 e. The van der Waals surface area contributed by atoms with E-state index in [2.05, 4.69) is 10.0 Å². The van der Waals surface area contributed by atoms with Crippen molar-refractivity contribution >= 4 is 10.0 Å². The summed E-state index contributed by atoms with van der Waals surface area (Å²) in [7, 11) is -3.16. The SMILES string of the molecule is CCC(C)(CC)NS(=O)(=O)C1CCNCC1. The van der Waals surface area contributed by atoms with Crippen molar-refractivity contribution in [2.24, 2.45) is 0 Å². The average Bonchev–Trinajstić information content (AvgIpc) is 2.29. The Hall–Kier alpha value is -0.130. The Kier molecular flexibility index (Phi) is 4.76. The van der Waals surface area contributed by atoms with E-state index in [0.717, 1.165) is 38.8 Å². The van der Waals surface area contributed by atoms with E-state index in [1.807, 2.05) is 20.8 Å². The van der Waals surface area contributed by atoms with Gasteiger partial charge in [0, 0.05) is 5.54 Å². The van der Waals surface area contributed by atoms with Crippen molar-refractivity contribution in [2.45, 2.75) is 57.2 Å². The Morgan fingerprint density at radius 2 is 1.75 bits per heavy atom. The molecule has 1 aliphatic rings. The van der Waals surface area contributed by atoms with Crippen molar-refractivity contribution in [3.63, 3.8) is 0 Å². The summed E-state index contributed by atoms with van der Waals surface area (Å²) in [4.78, 5) is 0. The molecule has 16 heavy (non-hydrogen) atoms. The lowest BCUT2D eigenvalue weighted by Crippen LogP contribution is -2.50. The first-order valence-corrected chi connectivity index (χ1v) is 7.71. The first-order valence-electron chi connectivity index (χ1n) is 6.17. The number of sulfonamides is 1. The molecule has 1 saturated heterocycles. The van der Waals surface area contributed by atoms with E-state index in [1.165, 1.54) is 0 Å². The van der Waals surface area contributed by atoms with Gasteiger partial charge >= 0.3 is 0 Å². The molecule has 0 unspecified atom stereocenters. The summed E-state index contributed by atoms with van der Waals surface area (Å²) in [6, 6.07) is 0. The van der Waals surface area contributed by atoms with Crippen LogP contribution in [0.5, 0.6) is 0 Å². The molecule has 0 aromatic heterocycles. The lowest BCUT2D eigenvalue weighted by molar-refractivity contribution is 0.381. The van der Waals surface area contributed by atoms with Crippen molar-refractivity contribution in [1.29, 1.82) is 0 Å². The number of piperidine rings is 1. The maximum atomic E-state index is 12.2. The van der Waals surface area contributed by atoms with Gasteiger partial charge in [-0.05, 0) is 45.7 Å². The molecule has 96 valence electrons. The Morgan fingerprint density at radius 3 is 2.19 bits per heavy atom. The van der Waals surface area contributed by atoms with Crippen molar-refractivity contribution in [3.8, 4) is 0 Å². The lowest BCUT2D eigenvalue weighted by atomic mass is 9.98. The van der Waals surface area contributed by atoms with Crippen molar-refractivity contribution in [1.82, 2.24) is 10.0 Å². The third-order valence-corrected chi connectivity index (χ3v) is 5.80. The molecular formula is C11H24N2O2S. The molecule has 4 nitrogen and oxygen atoms in total. The van der Waals surface area contributed by atoms with Gasteiger partial charge in [0.25, 0.3) is 0 Å². The molecule has 0 saturated carbocycles. The molecule has 1 heterocycles. The smallest absolute Gasteiger partial charge is 0.215 e. The van der Waals surface area contributed by atoms with E-state index in [1.54, 1.807) is 0 Å². The summed E-state index contributed by atoms with van der Waals surface area (Å²) in [5.41, 5.74) is -0.288. The van der Waals surface area contributed by atoms with Gasteiger partial charge in [-0.1, -0.05) is 13.8 Å². The van der Waals surface area contributed by atoms with Crippen LogP contribution in [0.1, 0.15) is 46.5 Å². The second-order valence-electron chi connectivity index (χ2n) is 4.86. The van der Waals surface area contributed by atoms with Gasteiger partial charge in [0.2, 0.25) is 10.0 Å². The highest BCUT2D eigenvalue weighted by Gasteiger charge is 2.32. The Labute approximate surface area is 99.2 Å². The first kappa shape index (κ1) is 13.9. The molecule has 1 rings (SSSR count). The van der Waals surface area contributed by atoms with E-state index in [0.29, 0.717) is 0 Å². The zero-order chi connectivity index (χ0) is 12.2. The van der Waals surface area contributed by atoms with Gasteiger partial charge < -0.3 is 5.32 Å². The summed E-state index contributed by atoms with van der Waals surface area (Å²) in [6.07, 6.45) is 3.10. The van der Waals surface area contributed by atoms with Crippen LogP contribution in [-0.2, 0) is 10.0 Å². The second-order valence-corrected chi connectivity index (χ2v) is 6.83. The van der Waals surface area contributed by atoms with Crippen LogP contribution in [0.4, 0.5) is 0 Å². The van der Waals surface area contributed by atoms with Gasteiger partial charge in [-0.3, -0.25) is 0 Å².